The predicted molar refractivity (Wildman–Crippen MR) is 107 cm³/mol. The largest absolute Gasteiger partial charge is 0.476 e. The summed E-state index contributed by atoms with van der Waals surface area (Å²) in [6.07, 6.45) is 4.96. The van der Waals surface area contributed by atoms with Gasteiger partial charge in [0.2, 0.25) is 0 Å². The quantitative estimate of drug-likeness (QED) is 0.507. The third-order valence-electron chi connectivity index (χ3n) is 4.14. The molecule has 0 aliphatic rings. The average Bonchev–Trinajstić information content (AvgIpc) is 3.27. The molecular formula is C20H17FN4O2S. The summed E-state index contributed by atoms with van der Waals surface area (Å²) in [7, 11) is 0. The van der Waals surface area contributed by atoms with Gasteiger partial charge < -0.3 is 14.8 Å². The highest BCUT2D eigenvalue weighted by Crippen LogP contribution is 2.35. The van der Waals surface area contributed by atoms with Gasteiger partial charge in [0.15, 0.2) is 10.8 Å². The summed E-state index contributed by atoms with van der Waals surface area (Å²) >= 11 is 1.48. The molecule has 0 fully saturated rings. The number of thiazole rings is 1. The summed E-state index contributed by atoms with van der Waals surface area (Å²) in [5, 5.41) is 13.4. The van der Waals surface area contributed by atoms with Crippen molar-refractivity contribution in [3.05, 3.63) is 60.4 Å². The third-order valence-corrected chi connectivity index (χ3v) is 5.11. The molecule has 4 aromatic rings. The first kappa shape index (κ1) is 18.1. The number of carboxylic acids is 1. The first-order chi connectivity index (χ1) is 13.4. The van der Waals surface area contributed by atoms with Gasteiger partial charge in [0.1, 0.15) is 11.5 Å². The minimum atomic E-state index is -1.13. The Hall–Kier alpha value is -3.26. The van der Waals surface area contributed by atoms with Crippen molar-refractivity contribution in [3.8, 4) is 21.6 Å². The van der Waals surface area contributed by atoms with Crippen molar-refractivity contribution in [2.75, 3.05) is 5.32 Å². The van der Waals surface area contributed by atoms with Crippen LogP contribution >= 0.6 is 11.3 Å². The lowest BCUT2D eigenvalue weighted by molar-refractivity contribution is 0.0691. The molecule has 1 aromatic carbocycles. The fourth-order valence-corrected chi connectivity index (χ4v) is 3.88. The molecular weight excluding hydrogens is 379 g/mol. The minimum Gasteiger partial charge on any atom is -0.476 e. The molecule has 0 aliphatic heterocycles. The van der Waals surface area contributed by atoms with Crippen LogP contribution < -0.4 is 5.32 Å². The van der Waals surface area contributed by atoms with Gasteiger partial charge in [-0.05, 0) is 26.0 Å². The van der Waals surface area contributed by atoms with Crippen molar-refractivity contribution in [2.45, 2.75) is 19.9 Å². The lowest BCUT2D eigenvalue weighted by Crippen LogP contribution is -2.08. The summed E-state index contributed by atoms with van der Waals surface area (Å²) in [6, 6.07) is 8.45. The number of rotatable bonds is 5. The molecule has 4 rings (SSSR count). The molecule has 2 N–H and O–H groups in total. The zero-order chi connectivity index (χ0) is 19.8. The normalized spacial score (nSPS) is 11.3. The lowest BCUT2D eigenvalue weighted by atomic mass is 10.0. The molecule has 8 heteroatoms. The number of aromatic carboxylic acids is 1. The molecule has 0 atom stereocenters. The van der Waals surface area contributed by atoms with Gasteiger partial charge in [0.25, 0.3) is 0 Å². The second-order valence-electron chi connectivity index (χ2n) is 6.61. The Morgan fingerprint density at radius 2 is 2.04 bits per heavy atom. The van der Waals surface area contributed by atoms with Gasteiger partial charge in [-0.3, -0.25) is 0 Å². The number of benzene rings is 1. The number of carboxylic acid groups (broad SMARTS) is 1. The maximum absolute atomic E-state index is 14.5. The van der Waals surface area contributed by atoms with Crippen LogP contribution in [0.3, 0.4) is 0 Å². The van der Waals surface area contributed by atoms with Gasteiger partial charge in [0.05, 0.1) is 4.88 Å². The van der Waals surface area contributed by atoms with Crippen LogP contribution in [0.4, 0.5) is 9.52 Å². The van der Waals surface area contributed by atoms with E-state index in [1.807, 2.05) is 19.9 Å². The maximum Gasteiger partial charge on any atom is 0.356 e. The van der Waals surface area contributed by atoms with Gasteiger partial charge >= 0.3 is 5.97 Å². The third kappa shape index (κ3) is 3.34. The molecule has 0 radical (unpaired) electrons. The zero-order valence-corrected chi connectivity index (χ0v) is 16.0. The number of halogens is 1. The molecule has 142 valence electrons. The van der Waals surface area contributed by atoms with Crippen molar-refractivity contribution in [1.29, 1.82) is 0 Å². The van der Waals surface area contributed by atoms with Gasteiger partial charge in [-0.1, -0.05) is 29.5 Å². The Morgan fingerprint density at radius 1 is 1.25 bits per heavy atom. The van der Waals surface area contributed by atoms with Crippen LogP contribution in [0.5, 0.6) is 0 Å². The van der Waals surface area contributed by atoms with E-state index in [1.165, 1.54) is 23.6 Å². The number of anilines is 1. The van der Waals surface area contributed by atoms with Crippen LogP contribution in [0.15, 0.2) is 48.9 Å². The van der Waals surface area contributed by atoms with E-state index in [4.69, 9.17) is 0 Å². The van der Waals surface area contributed by atoms with Gasteiger partial charge in [-0.2, -0.15) is 0 Å². The zero-order valence-electron chi connectivity index (χ0n) is 15.2. The van der Waals surface area contributed by atoms with Crippen LogP contribution in [-0.2, 0) is 0 Å². The van der Waals surface area contributed by atoms with E-state index < -0.39 is 11.8 Å². The van der Waals surface area contributed by atoms with E-state index in [9.17, 15) is 14.3 Å². The molecule has 28 heavy (non-hydrogen) atoms. The molecule has 0 aliphatic carbocycles. The van der Waals surface area contributed by atoms with E-state index in [0.717, 1.165) is 15.6 Å². The Kier molecular flexibility index (Phi) is 4.56. The fourth-order valence-electron chi connectivity index (χ4n) is 2.94. The van der Waals surface area contributed by atoms with E-state index >= 15 is 0 Å². The molecule has 0 bridgehead atoms. The van der Waals surface area contributed by atoms with Gasteiger partial charge in [-0.25, -0.2) is 19.2 Å². The second-order valence-corrected chi connectivity index (χ2v) is 7.64. The summed E-state index contributed by atoms with van der Waals surface area (Å²) in [6.45, 7) is 4.06. The van der Waals surface area contributed by atoms with Crippen molar-refractivity contribution >= 4 is 28.1 Å². The first-order valence-electron chi connectivity index (χ1n) is 8.66. The summed E-state index contributed by atoms with van der Waals surface area (Å²) in [4.78, 5) is 20.8. The highest BCUT2D eigenvalue weighted by molar-refractivity contribution is 7.18. The number of carbonyl (C=O) groups is 1. The number of hydrogen-bond acceptors (Lipinski definition) is 5. The standard InChI is InChI=1S/C20H17FN4O2S/c1-11(2)23-20-22-8-17(28-20)12-7-14(13-5-3-4-6-15(13)21)18-24-16(19(26)27)10-25(18)9-12/h3-11H,1-2H3,(H,22,23)(H,26,27). The number of nitrogens with one attached hydrogen (secondary N) is 1. The van der Waals surface area contributed by atoms with E-state index in [0.29, 0.717) is 16.8 Å². The van der Waals surface area contributed by atoms with Crippen LogP contribution in [0.25, 0.3) is 27.2 Å². The van der Waals surface area contributed by atoms with Crippen molar-refractivity contribution in [3.63, 3.8) is 0 Å². The topological polar surface area (TPSA) is 79.5 Å². The Labute approximate surface area is 164 Å². The van der Waals surface area contributed by atoms with E-state index in [1.54, 1.807) is 35.0 Å². The van der Waals surface area contributed by atoms with Crippen LogP contribution in [-0.4, -0.2) is 31.5 Å². The van der Waals surface area contributed by atoms with Crippen LogP contribution in [0.1, 0.15) is 24.3 Å². The highest BCUT2D eigenvalue weighted by atomic mass is 32.1. The molecule has 0 saturated carbocycles. The Morgan fingerprint density at radius 3 is 2.75 bits per heavy atom. The van der Waals surface area contributed by atoms with Gasteiger partial charge in [0, 0.05) is 41.3 Å². The van der Waals surface area contributed by atoms with Crippen LogP contribution in [0, 0.1) is 5.82 Å². The molecule has 0 saturated heterocycles. The first-order valence-corrected chi connectivity index (χ1v) is 9.47. The smallest absolute Gasteiger partial charge is 0.356 e. The van der Waals surface area contributed by atoms with Crippen LogP contribution in [0.2, 0.25) is 0 Å². The van der Waals surface area contributed by atoms with Gasteiger partial charge in [-0.15, -0.1) is 0 Å². The monoisotopic (exact) mass is 396 g/mol. The lowest BCUT2D eigenvalue weighted by Gasteiger charge is -2.08. The summed E-state index contributed by atoms with van der Waals surface area (Å²) < 4.78 is 16.1. The van der Waals surface area contributed by atoms with E-state index in [-0.39, 0.29) is 11.7 Å². The second kappa shape index (κ2) is 7.05. The average molecular weight is 396 g/mol. The molecule has 0 amide bonds. The summed E-state index contributed by atoms with van der Waals surface area (Å²) in [5.41, 5.74) is 1.98. The summed E-state index contributed by atoms with van der Waals surface area (Å²) in [5.74, 6) is -1.53. The molecule has 0 unspecified atom stereocenters. The maximum atomic E-state index is 14.5. The number of nitrogens with zero attached hydrogens (tertiary/aromatic N) is 3. The van der Waals surface area contributed by atoms with Crippen molar-refractivity contribution in [1.82, 2.24) is 14.4 Å². The minimum absolute atomic E-state index is 0.0961. The molecule has 3 heterocycles. The number of aromatic nitrogens is 3. The van der Waals surface area contributed by atoms with E-state index in [2.05, 4.69) is 15.3 Å². The molecule has 0 spiro atoms. The molecule has 3 aromatic heterocycles. The molecule has 6 nitrogen and oxygen atoms in total. The predicted octanol–water partition coefficient (Wildman–Crippen LogP) is 4.78. The number of hydrogen-bond donors (Lipinski definition) is 2. The number of imidazole rings is 1. The number of fused-ring (bicyclic) bond motifs is 1. The highest BCUT2D eigenvalue weighted by Gasteiger charge is 2.17. The SMILES string of the molecule is CC(C)Nc1ncc(-c2cc(-c3ccccc3F)c3nc(C(=O)O)cn3c2)s1. The Balaban J connectivity index is 1.92. The Bertz CT molecular complexity index is 1180. The fraction of sp³-hybridized carbons (Fsp3) is 0.150. The number of pyridine rings is 1. The van der Waals surface area contributed by atoms with Crippen molar-refractivity contribution in [2.24, 2.45) is 0 Å². The van der Waals surface area contributed by atoms with Crippen molar-refractivity contribution < 1.29 is 14.3 Å².